The van der Waals surface area contributed by atoms with E-state index < -0.39 is 6.17 Å². The average Bonchev–Trinajstić information content (AvgIpc) is 2.15. The molecule has 3 unspecified atom stereocenters. The van der Waals surface area contributed by atoms with Crippen molar-refractivity contribution in [2.45, 2.75) is 32.4 Å². The Bertz CT molecular complexity index is 135. The lowest BCUT2D eigenvalue weighted by Gasteiger charge is -2.30. The van der Waals surface area contributed by atoms with Gasteiger partial charge in [0.25, 0.3) is 0 Å². The summed E-state index contributed by atoms with van der Waals surface area (Å²) in [5.41, 5.74) is 5.47. The van der Waals surface area contributed by atoms with Crippen molar-refractivity contribution in [1.29, 1.82) is 0 Å². The summed E-state index contributed by atoms with van der Waals surface area (Å²) in [6.07, 6.45) is 2.19. The Balaban J connectivity index is 2.41. The molecule has 0 aromatic heterocycles. The summed E-state index contributed by atoms with van der Waals surface area (Å²) < 4.78 is 18.6. The van der Waals surface area contributed by atoms with Crippen molar-refractivity contribution in [3.8, 4) is 0 Å². The van der Waals surface area contributed by atoms with Crippen molar-refractivity contribution in [3.63, 3.8) is 0 Å². The van der Waals surface area contributed by atoms with Gasteiger partial charge in [0.1, 0.15) is 6.17 Å². The first-order valence-corrected chi connectivity index (χ1v) is 5.17. The van der Waals surface area contributed by atoms with Gasteiger partial charge in [0.15, 0.2) is 0 Å². The highest BCUT2D eigenvalue weighted by molar-refractivity contribution is 4.77. The van der Waals surface area contributed by atoms with Crippen molar-refractivity contribution in [2.75, 3.05) is 19.8 Å². The summed E-state index contributed by atoms with van der Waals surface area (Å²) >= 11 is 0. The van der Waals surface area contributed by atoms with Gasteiger partial charge in [-0.15, -0.1) is 0 Å². The van der Waals surface area contributed by atoms with Gasteiger partial charge < -0.3 is 10.5 Å². The van der Waals surface area contributed by atoms with Gasteiger partial charge >= 0.3 is 0 Å². The first-order chi connectivity index (χ1) is 6.25. The molecule has 0 spiro atoms. The number of hydrogen-bond acceptors (Lipinski definition) is 2. The molecule has 1 rings (SSSR count). The molecule has 0 aromatic rings. The fourth-order valence-electron chi connectivity index (χ4n) is 2.14. The van der Waals surface area contributed by atoms with Crippen LogP contribution in [0.15, 0.2) is 0 Å². The number of hydrogen-bond donors (Lipinski definition) is 1. The summed E-state index contributed by atoms with van der Waals surface area (Å²) in [6.45, 7) is 3.77. The normalized spacial score (nSPS) is 28.4. The van der Waals surface area contributed by atoms with Gasteiger partial charge in [-0.1, -0.05) is 0 Å². The zero-order valence-corrected chi connectivity index (χ0v) is 8.34. The number of halogens is 1. The van der Waals surface area contributed by atoms with Gasteiger partial charge in [-0.25, -0.2) is 4.39 Å². The molecule has 1 fully saturated rings. The van der Waals surface area contributed by atoms with Gasteiger partial charge in [-0.2, -0.15) is 0 Å². The highest BCUT2D eigenvalue weighted by Gasteiger charge is 2.27. The molecule has 0 radical (unpaired) electrons. The van der Waals surface area contributed by atoms with Crippen LogP contribution in [0, 0.1) is 11.8 Å². The van der Waals surface area contributed by atoms with Gasteiger partial charge in [0.2, 0.25) is 0 Å². The zero-order valence-electron chi connectivity index (χ0n) is 8.34. The quantitative estimate of drug-likeness (QED) is 0.731. The predicted molar refractivity (Wildman–Crippen MR) is 51.3 cm³/mol. The molecule has 3 heteroatoms. The molecule has 0 aliphatic carbocycles. The molecule has 0 amide bonds. The van der Waals surface area contributed by atoms with E-state index in [-0.39, 0.29) is 5.92 Å². The number of alkyl halides is 1. The van der Waals surface area contributed by atoms with Crippen molar-refractivity contribution >= 4 is 0 Å². The maximum absolute atomic E-state index is 13.2. The molecule has 1 saturated heterocycles. The summed E-state index contributed by atoms with van der Waals surface area (Å²) in [5, 5.41) is 0. The first-order valence-electron chi connectivity index (χ1n) is 5.17. The maximum Gasteiger partial charge on any atom is 0.101 e. The molecule has 0 bridgehead atoms. The van der Waals surface area contributed by atoms with Crippen molar-refractivity contribution in [2.24, 2.45) is 17.6 Å². The first kappa shape index (κ1) is 10.9. The van der Waals surface area contributed by atoms with E-state index in [0.717, 1.165) is 32.5 Å². The molecular weight excluding hydrogens is 169 g/mol. The number of rotatable bonds is 4. The van der Waals surface area contributed by atoms with E-state index in [0.29, 0.717) is 12.5 Å². The van der Waals surface area contributed by atoms with E-state index in [1.807, 2.05) is 0 Å². The number of ether oxygens (including phenoxy) is 1. The van der Waals surface area contributed by atoms with Gasteiger partial charge in [-0.3, -0.25) is 0 Å². The average molecular weight is 189 g/mol. The molecule has 1 aliphatic heterocycles. The van der Waals surface area contributed by atoms with Crippen LogP contribution >= 0.6 is 0 Å². The van der Waals surface area contributed by atoms with E-state index in [2.05, 4.69) is 0 Å². The lowest BCUT2D eigenvalue weighted by Crippen LogP contribution is -2.31. The van der Waals surface area contributed by atoms with Gasteiger partial charge in [0.05, 0.1) is 0 Å². The fraction of sp³-hybridized carbons (Fsp3) is 1.00. The topological polar surface area (TPSA) is 35.2 Å². The molecule has 13 heavy (non-hydrogen) atoms. The van der Waals surface area contributed by atoms with Crippen molar-refractivity contribution in [1.82, 2.24) is 0 Å². The van der Waals surface area contributed by atoms with Crippen LogP contribution < -0.4 is 5.73 Å². The second kappa shape index (κ2) is 5.55. The van der Waals surface area contributed by atoms with E-state index >= 15 is 0 Å². The third-order valence-corrected chi connectivity index (χ3v) is 2.89. The van der Waals surface area contributed by atoms with Crippen LogP contribution in [0.5, 0.6) is 0 Å². The molecule has 2 N–H and O–H groups in total. The summed E-state index contributed by atoms with van der Waals surface area (Å²) in [5.74, 6) is 0.489. The summed E-state index contributed by atoms with van der Waals surface area (Å²) in [4.78, 5) is 0. The van der Waals surface area contributed by atoms with Gasteiger partial charge in [0, 0.05) is 13.2 Å². The molecule has 1 heterocycles. The lowest BCUT2D eigenvalue weighted by molar-refractivity contribution is 0.0109. The van der Waals surface area contributed by atoms with Crippen LogP contribution in [0.25, 0.3) is 0 Å². The second-order valence-electron chi connectivity index (χ2n) is 3.90. The van der Waals surface area contributed by atoms with Crippen LogP contribution in [-0.2, 0) is 4.74 Å². The van der Waals surface area contributed by atoms with E-state index in [1.165, 1.54) is 0 Å². The summed E-state index contributed by atoms with van der Waals surface area (Å²) in [7, 11) is 0. The Morgan fingerprint density at radius 1 is 1.62 bits per heavy atom. The van der Waals surface area contributed by atoms with Crippen LogP contribution in [0.1, 0.15) is 26.2 Å². The molecule has 78 valence electrons. The van der Waals surface area contributed by atoms with Crippen LogP contribution in [0.3, 0.4) is 0 Å². The van der Waals surface area contributed by atoms with E-state index in [1.54, 1.807) is 6.92 Å². The Labute approximate surface area is 79.6 Å². The molecule has 0 aromatic carbocycles. The Kier molecular flexibility index (Phi) is 4.67. The predicted octanol–water partition coefficient (Wildman–Crippen LogP) is 1.74. The Hall–Kier alpha value is -0.150. The molecule has 3 atom stereocenters. The second-order valence-corrected chi connectivity index (χ2v) is 3.90. The standard InChI is InChI=1S/C10H20FNO/c1-8(11)10(4-5-12)9-3-2-6-13-7-9/h8-10H,2-7,12H2,1H3. The largest absolute Gasteiger partial charge is 0.381 e. The maximum atomic E-state index is 13.2. The zero-order chi connectivity index (χ0) is 9.68. The van der Waals surface area contributed by atoms with E-state index in [4.69, 9.17) is 10.5 Å². The van der Waals surface area contributed by atoms with Crippen molar-refractivity contribution in [3.05, 3.63) is 0 Å². The molecule has 0 saturated carbocycles. The lowest BCUT2D eigenvalue weighted by atomic mass is 9.83. The minimum absolute atomic E-state index is 0.102. The van der Waals surface area contributed by atoms with Crippen molar-refractivity contribution < 1.29 is 9.13 Å². The molecule has 2 nitrogen and oxygen atoms in total. The third kappa shape index (κ3) is 3.24. The summed E-state index contributed by atoms with van der Waals surface area (Å²) in [6, 6.07) is 0. The smallest absolute Gasteiger partial charge is 0.101 e. The SMILES string of the molecule is CC(F)C(CCN)C1CCCOC1. The van der Waals surface area contributed by atoms with E-state index in [9.17, 15) is 4.39 Å². The fourth-order valence-corrected chi connectivity index (χ4v) is 2.14. The Morgan fingerprint density at radius 2 is 2.38 bits per heavy atom. The van der Waals surface area contributed by atoms with Crippen LogP contribution in [0.2, 0.25) is 0 Å². The monoisotopic (exact) mass is 189 g/mol. The van der Waals surface area contributed by atoms with Crippen LogP contribution in [-0.4, -0.2) is 25.9 Å². The minimum Gasteiger partial charge on any atom is -0.381 e. The van der Waals surface area contributed by atoms with Crippen LogP contribution in [0.4, 0.5) is 4.39 Å². The highest BCUT2D eigenvalue weighted by Crippen LogP contribution is 2.28. The molecular formula is C10H20FNO. The van der Waals surface area contributed by atoms with Gasteiger partial charge in [-0.05, 0) is 44.6 Å². The third-order valence-electron chi connectivity index (χ3n) is 2.89. The minimum atomic E-state index is -0.754. The number of nitrogens with two attached hydrogens (primary N) is 1. The molecule has 1 aliphatic rings. The Morgan fingerprint density at radius 3 is 2.85 bits per heavy atom. The highest BCUT2D eigenvalue weighted by atomic mass is 19.1.